The highest BCUT2D eigenvalue weighted by Gasteiger charge is 2.20. The number of aryl methyl sites for hydroxylation is 2. The second-order valence-electron chi connectivity index (χ2n) is 6.52. The van der Waals surface area contributed by atoms with E-state index in [9.17, 15) is 13.2 Å². The fourth-order valence-corrected chi connectivity index (χ4v) is 4.51. The number of nitrogens with one attached hydrogen (secondary N) is 1. The summed E-state index contributed by atoms with van der Waals surface area (Å²) in [6.07, 6.45) is 0.375. The summed E-state index contributed by atoms with van der Waals surface area (Å²) in [4.78, 5) is 13.5. The van der Waals surface area contributed by atoms with Crippen molar-refractivity contribution in [3.05, 3.63) is 59.2 Å². The molecule has 0 aliphatic heterocycles. The molecular formula is C20H26N2O3S2. The van der Waals surface area contributed by atoms with Gasteiger partial charge in [-0.3, -0.25) is 4.79 Å². The quantitative estimate of drug-likeness (QED) is 0.683. The van der Waals surface area contributed by atoms with Gasteiger partial charge in [0, 0.05) is 37.7 Å². The van der Waals surface area contributed by atoms with Crippen LogP contribution >= 0.6 is 11.8 Å². The molecule has 1 N–H and O–H groups in total. The molecule has 0 saturated heterocycles. The fourth-order valence-electron chi connectivity index (χ4n) is 2.45. The van der Waals surface area contributed by atoms with Gasteiger partial charge < -0.3 is 5.32 Å². The molecule has 0 aliphatic rings. The lowest BCUT2D eigenvalue weighted by atomic mass is 10.1. The second-order valence-corrected chi connectivity index (χ2v) is 9.80. The maximum absolute atomic E-state index is 12.4. The van der Waals surface area contributed by atoms with Gasteiger partial charge in [-0.1, -0.05) is 24.3 Å². The van der Waals surface area contributed by atoms with Crippen LogP contribution in [0.25, 0.3) is 0 Å². The Kier molecular flexibility index (Phi) is 7.47. The summed E-state index contributed by atoms with van der Waals surface area (Å²) >= 11 is 1.64. The molecule has 0 atom stereocenters. The standard InChI is InChI=1S/C20H26N2O3S2/c1-15-9-10-18(13-16(15)2)26-12-11-20(23)21-14-17-7-5-6-8-19(17)27(24,25)22(3)4/h5-10,13H,11-12,14H2,1-4H3,(H,21,23). The number of hydrogen-bond acceptors (Lipinski definition) is 4. The minimum Gasteiger partial charge on any atom is -0.352 e. The minimum absolute atomic E-state index is 0.0941. The normalized spacial score (nSPS) is 11.6. The first-order valence-electron chi connectivity index (χ1n) is 8.69. The van der Waals surface area contributed by atoms with Crippen molar-refractivity contribution in [2.24, 2.45) is 0 Å². The van der Waals surface area contributed by atoms with E-state index in [0.29, 0.717) is 17.7 Å². The van der Waals surface area contributed by atoms with Crippen molar-refractivity contribution in [2.75, 3.05) is 19.8 Å². The van der Waals surface area contributed by atoms with Gasteiger partial charge >= 0.3 is 0 Å². The molecule has 0 fully saturated rings. The Labute approximate surface area is 166 Å². The number of benzene rings is 2. The average Bonchev–Trinajstić information content (AvgIpc) is 2.63. The Morgan fingerprint density at radius 3 is 2.44 bits per heavy atom. The number of rotatable bonds is 8. The Morgan fingerprint density at radius 2 is 1.78 bits per heavy atom. The molecule has 0 unspecified atom stereocenters. The monoisotopic (exact) mass is 406 g/mol. The van der Waals surface area contributed by atoms with Gasteiger partial charge in [0.1, 0.15) is 0 Å². The zero-order valence-electron chi connectivity index (χ0n) is 16.2. The number of nitrogens with zero attached hydrogens (tertiary/aromatic N) is 1. The lowest BCUT2D eigenvalue weighted by Gasteiger charge is -2.15. The highest BCUT2D eigenvalue weighted by atomic mass is 32.2. The van der Waals surface area contributed by atoms with Gasteiger partial charge in [-0.15, -0.1) is 11.8 Å². The van der Waals surface area contributed by atoms with Crippen LogP contribution in [0.2, 0.25) is 0 Å². The number of amides is 1. The summed E-state index contributed by atoms with van der Waals surface area (Å²) in [5.74, 6) is 0.579. The van der Waals surface area contributed by atoms with E-state index in [4.69, 9.17) is 0 Å². The first-order chi connectivity index (χ1) is 12.7. The van der Waals surface area contributed by atoms with Gasteiger partial charge in [0.25, 0.3) is 0 Å². The van der Waals surface area contributed by atoms with Crippen LogP contribution in [0.3, 0.4) is 0 Å². The van der Waals surface area contributed by atoms with Crippen molar-refractivity contribution in [1.29, 1.82) is 0 Å². The van der Waals surface area contributed by atoms with E-state index < -0.39 is 10.0 Å². The van der Waals surface area contributed by atoms with Crippen molar-refractivity contribution in [2.45, 2.75) is 36.6 Å². The Bertz CT molecular complexity index is 909. The van der Waals surface area contributed by atoms with Crippen LogP contribution in [-0.2, 0) is 21.4 Å². The molecule has 0 heterocycles. The Hall–Kier alpha value is -1.83. The van der Waals surface area contributed by atoms with Gasteiger partial charge in [-0.05, 0) is 48.7 Å². The number of thioether (sulfide) groups is 1. The highest BCUT2D eigenvalue weighted by Crippen LogP contribution is 2.22. The molecule has 146 valence electrons. The van der Waals surface area contributed by atoms with Crippen LogP contribution in [0.15, 0.2) is 52.3 Å². The van der Waals surface area contributed by atoms with Crippen LogP contribution in [0.5, 0.6) is 0 Å². The van der Waals surface area contributed by atoms with Crippen molar-refractivity contribution in [3.63, 3.8) is 0 Å². The average molecular weight is 407 g/mol. The third kappa shape index (κ3) is 5.82. The smallest absolute Gasteiger partial charge is 0.242 e. The van der Waals surface area contributed by atoms with E-state index >= 15 is 0 Å². The van der Waals surface area contributed by atoms with Gasteiger partial charge in [0.15, 0.2) is 0 Å². The van der Waals surface area contributed by atoms with Crippen molar-refractivity contribution >= 4 is 27.7 Å². The third-order valence-corrected chi connectivity index (χ3v) is 7.19. The molecule has 5 nitrogen and oxygen atoms in total. The van der Waals surface area contributed by atoms with E-state index in [1.54, 1.807) is 36.0 Å². The van der Waals surface area contributed by atoms with Gasteiger partial charge in [0.05, 0.1) is 4.90 Å². The Morgan fingerprint density at radius 1 is 1.07 bits per heavy atom. The first-order valence-corrected chi connectivity index (χ1v) is 11.1. The molecular weight excluding hydrogens is 380 g/mol. The minimum atomic E-state index is -3.54. The maximum Gasteiger partial charge on any atom is 0.242 e. The van der Waals surface area contributed by atoms with E-state index in [2.05, 4.69) is 37.4 Å². The van der Waals surface area contributed by atoms with Crippen LogP contribution < -0.4 is 5.32 Å². The molecule has 2 rings (SSSR count). The first kappa shape index (κ1) is 21.5. The van der Waals surface area contributed by atoms with E-state index in [1.165, 1.54) is 29.5 Å². The van der Waals surface area contributed by atoms with Gasteiger partial charge in [-0.25, -0.2) is 12.7 Å². The van der Waals surface area contributed by atoms with Crippen molar-refractivity contribution < 1.29 is 13.2 Å². The summed E-state index contributed by atoms with van der Waals surface area (Å²) < 4.78 is 25.9. The zero-order valence-corrected chi connectivity index (χ0v) is 17.8. The number of carbonyl (C=O) groups is 1. The molecule has 0 aliphatic carbocycles. The number of hydrogen-bond donors (Lipinski definition) is 1. The molecule has 0 aromatic heterocycles. The lowest BCUT2D eigenvalue weighted by Crippen LogP contribution is -2.27. The largest absolute Gasteiger partial charge is 0.352 e. The topological polar surface area (TPSA) is 66.5 Å². The molecule has 7 heteroatoms. The molecule has 0 spiro atoms. The molecule has 27 heavy (non-hydrogen) atoms. The summed E-state index contributed by atoms with van der Waals surface area (Å²) in [6, 6.07) is 13.0. The number of carbonyl (C=O) groups excluding carboxylic acids is 1. The third-order valence-electron chi connectivity index (χ3n) is 4.28. The summed E-state index contributed by atoms with van der Waals surface area (Å²) in [6.45, 7) is 4.34. The molecule has 2 aromatic rings. The maximum atomic E-state index is 12.4. The molecule has 0 bridgehead atoms. The predicted octanol–water partition coefficient (Wildman–Crippen LogP) is 3.35. The molecule has 2 aromatic carbocycles. The lowest BCUT2D eigenvalue weighted by molar-refractivity contribution is -0.120. The molecule has 0 radical (unpaired) electrons. The van der Waals surface area contributed by atoms with Gasteiger partial charge in [0.2, 0.25) is 15.9 Å². The van der Waals surface area contributed by atoms with E-state index in [-0.39, 0.29) is 17.3 Å². The van der Waals surface area contributed by atoms with E-state index in [0.717, 1.165) is 4.90 Å². The van der Waals surface area contributed by atoms with Crippen LogP contribution in [0.1, 0.15) is 23.1 Å². The van der Waals surface area contributed by atoms with Crippen molar-refractivity contribution in [1.82, 2.24) is 9.62 Å². The summed E-state index contributed by atoms with van der Waals surface area (Å²) in [5.41, 5.74) is 3.08. The second kappa shape index (κ2) is 9.39. The summed E-state index contributed by atoms with van der Waals surface area (Å²) in [5, 5.41) is 2.82. The van der Waals surface area contributed by atoms with Crippen LogP contribution in [0, 0.1) is 13.8 Å². The van der Waals surface area contributed by atoms with Gasteiger partial charge in [-0.2, -0.15) is 0 Å². The molecule has 0 saturated carbocycles. The van der Waals surface area contributed by atoms with E-state index in [1.807, 2.05) is 0 Å². The van der Waals surface area contributed by atoms with Crippen molar-refractivity contribution in [3.8, 4) is 0 Å². The fraction of sp³-hybridized carbons (Fsp3) is 0.350. The molecule has 1 amide bonds. The summed E-state index contributed by atoms with van der Waals surface area (Å²) in [7, 11) is -0.549. The zero-order chi connectivity index (χ0) is 20.0. The SMILES string of the molecule is Cc1ccc(SCCC(=O)NCc2ccccc2S(=O)(=O)N(C)C)cc1C. The Balaban J connectivity index is 1.90. The number of sulfonamides is 1. The van der Waals surface area contributed by atoms with Crippen LogP contribution in [0.4, 0.5) is 0 Å². The van der Waals surface area contributed by atoms with Crippen LogP contribution in [-0.4, -0.2) is 38.5 Å². The highest BCUT2D eigenvalue weighted by molar-refractivity contribution is 7.99. The predicted molar refractivity (Wildman–Crippen MR) is 110 cm³/mol.